The second kappa shape index (κ2) is 9.43. The first-order valence-electron chi connectivity index (χ1n) is 10.9. The zero-order valence-electron chi connectivity index (χ0n) is 19.7. The summed E-state index contributed by atoms with van der Waals surface area (Å²) < 4.78 is 27.2. The van der Waals surface area contributed by atoms with Crippen LogP contribution in [-0.4, -0.2) is 26.5 Å². The topological polar surface area (TPSA) is 102 Å². The van der Waals surface area contributed by atoms with Gasteiger partial charge in [0.15, 0.2) is 11.6 Å². The second-order valence-corrected chi connectivity index (χ2v) is 8.90. The maximum absolute atomic E-state index is 13.9. The van der Waals surface area contributed by atoms with Crippen molar-refractivity contribution in [1.29, 1.82) is 5.26 Å². The van der Waals surface area contributed by atoms with Gasteiger partial charge in [-0.3, -0.25) is 5.32 Å². The number of nitrogens with zero attached hydrogens (tertiary/aromatic N) is 4. The predicted molar refractivity (Wildman–Crippen MR) is 129 cm³/mol. The number of fused-ring (bicyclic) bond motifs is 1. The molecule has 0 aliphatic heterocycles. The van der Waals surface area contributed by atoms with Crippen molar-refractivity contribution in [3.05, 3.63) is 77.9 Å². The molecule has 1 amide bonds. The fourth-order valence-electron chi connectivity index (χ4n) is 3.53. The predicted octanol–water partition coefficient (Wildman–Crippen LogP) is 5.92. The third kappa shape index (κ3) is 5.55. The summed E-state index contributed by atoms with van der Waals surface area (Å²) in [6.45, 7) is 7.06. The molecule has 178 valence electrons. The Hall–Kier alpha value is -4.45. The summed E-state index contributed by atoms with van der Waals surface area (Å²) in [5.41, 5.74) is 1.63. The molecule has 4 rings (SSSR count). The van der Waals surface area contributed by atoms with Crippen molar-refractivity contribution >= 4 is 22.8 Å². The minimum absolute atomic E-state index is 0.127. The third-order valence-electron chi connectivity index (χ3n) is 5.01. The molecule has 0 aliphatic rings. The molecular formula is C26H24FN5O3. The monoisotopic (exact) mass is 473 g/mol. The lowest BCUT2D eigenvalue weighted by atomic mass is 10.0. The Morgan fingerprint density at radius 1 is 1.20 bits per heavy atom. The Bertz CT molecular complexity index is 1420. The van der Waals surface area contributed by atoms with Crippen LogP contribution >= 0.6 is 0 Å². The average molecular weight is 474 g/mol. The lowest BCUT2D eigenvalue weighted by Crippen LogP contribution is -2.27. The molecule has 35 heavy (non-hydrogen) atoms. The molecule has 1 N–H and O–H groups in total. The third-order valence-corrected chi connectivity index (χ3v) is 5.01. The van der Waals surface area contributed by atoms with E-state index in [0.717, 1.165) is 5.69 Å². The van der Waals surface area contributed by atoms with Gasteiger partial charge < -0.3 is 9.47 Å². The molecule has 0 aliphatic carbocycles. The Labute approximate surface area is 201 Å². The lowest BCUT2D eigenvalue weighted by Gasteiger charge is -2.22. The van der Waals surface area contributed by atoms with E-state index < -0.39 is 23.6 Å². The van der Waals surface area contributed by atoms with Crippen LogP contribution in [0.1, 0.15) is 44.9 Å². The van der Waals surface area contributed by atoms with Gasteiger partial charge in [-0.15, -0.1) is 0 Å². The van der Waals surface area contributed by atoms with Crippen molar-refractivity contribution in [3.63, 3.8) is 0 Å². The number of nitrogens with one attached hydrogen (secondary N) is 1. The van der Waals surface area contributed by atoms with Gasteiger partial charge in [-0.25, -0.2) is 18.9 Å². The molecule has 8 nitrogen and oxygen atoms in total. The highest BCUT2D eigenvalue weighted by Crippen LogP contribution is 2.34. The Balaban J connectivity index is 1.75. The van der Waals surface area contributed by atoms with Crippen LogP contribution in [0.5, 0.6) is 5.75 Å². The highest BCUT2D eigenvalue weighted by Gasteiger charge is 2.22. The van der Waals surface area contributed by atoms with Gasteiger partial charge in [0.25, 0.3) is 0 Å². The van der Waals surface area contributed by atoms with E-state index in [9.17, 15) is 14.4 Å². The molecule has 2 heterocycles. The fraction of sp³-hybridized carbons (Fsp3) is 0.231. The number of hydrogen-bond acceptors (Lipinski definition) is 6. The number of carbonyl (C=O) groups excluding carboxylic acids is 1. The van der Waals surface area contributed by atoms with Crippen molar-refractivity contribution in [2.45, 2.75) is 39.4 Å². The Morgan fingerprint density at radius 3 is 2.69 bits per heavy atom. The van der Waals surface area contributed by atoms with E-state index >= 15 is 0 Å². The molecule has 1 atom stereocenters. The summed E-state index contributed by atoms with van der Waals surface area (Å²) in [5, 5.41) is 16.8. The average Bonchev–Trinajstić information content (AvgIpc) is 3.32. The minimum atomic E-state index is -0.714. The lowest BCUT2D eigenvalue weighted by molar-refractivity contribution is 0.0634. The van der Waals surface area contributed by atoms with Crippen LogP contribution in [0.15, 0.2) is 60.9 Å². The highest BCUT2D eigenvalue weighted by molar-refractivity contribution is 5.90. The van der Waals surface area contributed by atoms with E-state index in [1.54, 1.807) is 75.1 Å². The van der Waals surface area contributed by atoms with Gasteiger partial charge in [-0.05, 0) is 76.2 Å². The molecule has 0 radical (unpaired) electrons. The minimum Gasteiger partial charge on any atom is -0.482 e. The number of amides is 1. The van der Waals surface area contributed by atoms with Crippen molar-refractivity contribution in [1.82, 2.24) is 14.8 Å². The van der Waals surface area contributed by atoms with Crippen LogP contribution in [-0.2, 0) is 4.74 Å². The molecule has 0 saturated heterocycles. The molecule has 0 unspecified atom stereocenters. The van der Waals surface area contributed by atoms with Crippen molar-refractivity contribution < 1.29 is 18.7 Å². The first-order chi connectivity index (χ1) is 16.6. The number of ether oxygens (including phenoxy) is 2. The summed E-state index contributed by atoms with van der Waals surface area (Å²) in [6, 6.07) is 14.9. The molecule has 9 heteroatoms. The van der Waals surface area contributed by atoms with Crippen molar-refractivity contribution in [2.24, 2.45) is 0 Å². The smallest absolute Gasteiger partial charge is 0.413 e. The van der Waals surface area contributed by atoms with E-state index in [2.05, 4.69) is 21.5 Å². The van der Waals surface area contributed by atoms with E-state index in [1.807, 2.05) is 0 Å². The Morgan fingerprint density at radius 2 is 2.00 bits per heavy atom. The first kappa shape index (κ1) is 23.7. The maximum Gasteiger partial charge on any atom is 0.413 e. The van der Waals surface area contributed by atoms with Crippen LogP contribution in [0.25, 0.3) is 16.6 Å². The van der Waals surface area contributed by atoms with Gasteiger partial charge in [-0.1, -0.05) is 0 Å². The number of hydrogen-bond donors (Lipinski definition) is 1. The van der Waals surface area contributed by atoms with Crippen LogP contribution in [0.3, 0.4) is 0 Å². The summed E-state index contributed by atoms with van der Waals surface area (Å²) in [5.74, 6) is -0.0774. The van der Waals surface area contributed by atoms with Crippen molar-refractivity contribution in [3.8, 4) is 17.5 Å². The van der Waals surface area contributed by atoms with Gasteiger partial charge in [0.2, 0.25) is 0 Å². The van der Waals surface area contributed by atoms with E-state index in [4.69, 9.17) is 9.47 Å². The molecule has 0 bridgehead atoms. The Kier molecular flexibility index (Phi) is 6.38. The van der Waals surface area contributed by atoms with Gasteiger partial charge >= 0.3 is 6.09 Å². The zero-order valence-corrected chi connectivity index (χ0v) is 19.7. The zero-order chi connectivity index (χ0) is 25.2. The SMILES string of the molecule is C[C@H](Oc1cc2cc(F)ccc2nc1NC(=O)OC(C)(C)C)c1cc(C#N)ccc1-n1cccn1. The summed E-state index contributed by atoms with van der Waals surface area (Å²) in [6.07, 6.45) is 2.15. The van der Waals surface area contributed by atoms with Crippen LogP contribution in [0, 0.1) is 17.1 Å². The number of aromatic nitrogens is 3. The quantitative estimate of drug-likeness (QED) is 0.386. The maximum atomic E-state index is 13.9. The number of benzene rings is 2. The first-order valence-corrected chi connectivity index (χ1v) is 10.9. The molecular weight excluding hydrogens is 449 g/mol. The normalized spacial score (nSPS) is 12.1. The number of pyridine rings is 1. The summed E-state index contributed by atoms with van der Waals surface area (Å²) in [7, 11) is 0. The molecule has 0 fully saturated rings. The number of carbonyl (C=O) groups is 1. The van der Waals surface area contributed by atoms with Crippen LogP contribution in [0.4, 0.5) is 15.0 Å². The molecule has 2 aromatic carbocycles. The number of nitriles is 1. The van der Waals surface area contributed by atoms with E-state index in [1.165, 1.54) is 18.2 Å². The van der Waals surface area contributed by atoms with Gasteiger partial charge in [-0.2, -0.15) is 10.4 Å². The van der Waals surface area contributed by atoms with Gasteiger partial charge in [0.1, 0.15) is 17.5 Å². The van der Waals surface area contributed by atoms with Crippen molar-refractivity contribution in [2.75, 3.05) is 5.32 Å². The number of rotatable bonds is 5. The number of anilines is 1. The molecule has 0 spiro atoms. The second-order valence-electron chi connectivity index (χ2n) is 8.90. The highest BCUT2D eigenvalue weighted by atomic mass is 19.1. The molecule has 4 aromatic rings. The van der Waals surface area contributed by atoms with Gasteiger partial charge in [0.05, 0.1) is 22.8 Å². The standard InChI is InChI=1S/C26H24FN5O3/c1-16(20-12-17(15-28)6-9-22(20)32-11-5-10-29-32)34-23-14-18-13-19(27)7-8-21(18)30-24(23)31-25(33)35-26(2,3)4/h5-14,16H,1-4H3,(H,30,31,33)/t16-/m0/s1. The van der Waals surface area contributed by atoms with Gasteiger partial charge in [0, 0.05) is 23.3 Å². The van der Waals surface area contributed by atoms with Crippen LogP contribution < -0.4 is 10.1 Å². The molecule has 0 saturated carbocycles. The molecule has 2 aromatic heterocycles. The van der Waals surface area contributed by atoms with E-state index in [-0.39, 0.29) is 11.6 Å². The largest absolute Gasteiger partial charge is 0.482 e. The number of halogens is 1. The summed E-state index contributed by atoms with van der Waals surface area (Å²) in [4.78, 5) is 16.9. The van der Waals surface area contributed by atoms with E-state index in [0.29, 0.717) is 22.0 Å². The summed E-state index contributed by atoms with van der Waals surface area (Å²) >= 11 is 0. The van der Waals surface area contributed by atoms with Crippen LogP contribution in [0.2, 0.25) is 0 Å². The fourth-order valence-corrected chi connectivity index (χ4v) is 3.53.